The summed E-state index contributed by atoms with van der Waals surface area (Å²) in [5, 5.41) is 0. The molecule has 0 fully saturated rings. The second-order valence-corrected chi connectivity index (χ2v) is 1.51. The lowest BCUT2D eigenvalue weighted by atomic mass is 10.7. The van der Waals surface area contributed by atoms with Crippen LogP contribution >= 0.6 is 0 Å². The topological polar surface area (TPSA) is 61.8 Å². The fourth-order valence-electron chi connectivity index (χ4n) is 0.257. The zero-order valence-corrected chi connectivity index (χ0v) is 6.32. The van der Waals surface area contributed by atoms with Crippen molar-refractivity contribution in [3.63, 3.8) is 0 Å². The Morgan fingerprint density at radius 3 is 2.25 bits per heavy atom. The highest BCUT2D eigenvalue weighted by molar-refractivity contribution is 5.81. The first kappa shape index (κ1) is 10.4. The van der Waals surface area contributed by atoms with E-state index in [4.69, 9.17) is 0 Å². The Kier molecular flexibility index (Phi) is 5.29. The Morgan fingerprint density at radius 2 is 1.75 bits per heavy atom. The van der Waals surface area contributed by atoms with Gasteiger partial charge in [0.1, 0.15) is 0 Å². The smallest absolute Gasteiger partial charge is 0.365 e. The minimum absolute atomic E-state index is 0.468. The normalized spacial score (nSPS) is 8.33. The van der Waals surface area contributed by atoms with Gasteiger partial charge in [-0.3, -0.25) is 4.89 Å². The van der Waals surface area contributed by atoms with Gasteiger partial charge in [0.05, 0.1) is 0 Å². The Balaban J connectivity index is 3.32. The quantitative estimate of drug-likeness (QED) is 0.149. The van der Waals surface area contributed by atoms with Crippen LogP contribution in [0.25, 0.3) is 0 Å². The van der Waals surface area contributed by atoms with Crippen LogP contribution < -0.4 is 0 Å². The van der Waals surface area contributed by atoms with Gasteiger partial charge in [0.2, 0.25) is 6.79 Å². The van der Waals surface area contributed by atoms with E-state index in [1.54, 1.807) is 0 Å². The number of esters is 1. The molecule has 0 aromatic heterocycles. The standard InChI is InChI=1S/C7H8O5/c1-3-6(8)10-5-11-12-7(9)4-2/h3-4H,1-2,5H2. The van der Waals surface area contributed by atoms with E-state index in [-0.39, 0.29) is 0 Å². The summed E-state index contributed by atoms with van der Waals surface area (Å²) in [5.41, 5.74) is 0. The monoisotopic (exact) mass is 172 g/mol. The fraction of sp³-hybridized carbons (Fsp3) is 0.143. The lowest BCUT2D eigenvalue weighted by molar-refractivity contribution is -0.300. The first-order valence-corrected chi connectivity index (χ1v) is 2.95. The Labute approximate surface area is 69.1 Å². The average molecular weight is 172 g/mol. The summed E-state index contributed by atoms with van der Waals surface area (Å²) in [6, 6.07) is 0. The van der Waals surface area contributed by atoms with Crippen LogP contribution in [-0.4, -0.2) is 18.7 Å². The van der Waals surface area contributed by atoms with Crippen LogP contribution in [0.3, 0.4) is 0 Å². The van der Waals surface area contributed by atoms with E-state index < -0.39 is 18.7 Å². The maximum absolute atomic E-state index is 10.3. The third-order valence-electron chi connectivity index (χ3n) is 0.724. The summed E-state index contributed by atoms with van der Waals surface area (Å²) in [4.78, 5) is 28.8. The van der Waals surface area contributed by atoms with Gasteiger partial charge in [-0.2, -0.15) is 0 Å². The molecule has 0 bridgehead atoms. The van der Waals surface area contributed by atoms with Crippen molar-refractivity contribution in [2.24, 2.45) is 0 Å². The first-order chi connectivity index (χ1) is 5.70. The van der Waals surface area contributed by atoms with Gasteiger partial charge in [-0.05, 0) is 0 Å². The zero-order valence-electron chi connectivity index (χ0n) is 6.32. The van der Waals surface area contributed by atoms with E-state index in [1.165, 1.54) is 0 Å². The second-order valence-electron chi connectivity index (χ2n) is 1.51. The van der Waals surface area contributed by atoms with Gasteiger partial charge in [-0.15, -0.1) is 4.89 Å². The largest absolute Gasteiger partial charge is 0.431 e. The summed E-state index contributed by atoms with van der Waals surface area (Å²) in [5.74, 6) is -1.42. The molecule has 0 atom stereocenters. The molecule has 5 heteroatoms. The molecule has 0 saturated carbocycles. The van der Waals surface area contributed by atoms with Gasteiger partial charge in [0.25, 0.3) is 0 Å². The van der Waals surface area contributed by atoms with E-state index in [9.17, 15) is 9.59 Å². The number of rotatable bonds is 5. The lowest BCUT2D eigenvalue weighted by Crippen LogP contribution is -2.08. The summed E-state index contributed by atoms with van der Waals surface area (Å²) in [6.45, 7) is 5.78. The van der Waals surface area contributed by atoms with E-state index >= 15 is 0 Å². The van der Waals surface area contributed by atoms with E-state index in [0.717, 1.165) is 12.2 Å². The molecule has 0 heterocycles. The van der Waals surface area contributed by atoms with Gasteiger partial charge in [-0.1, -0.05) is 13.2 Å². The highest BCUT2D eigenvalue weighted by Crippen LogP contribution is 1.84. The van der Waals surface area contributed by atoms with Crippen molar-refractivity contribution in [1.29, 1.82) is 0 Å². The molecule has 0 amide bonds. The van der Waals surface area contributed by atoms with Gasteiger partial charge in [0.15, 0.2) is 0 Å². The number of ether oxygens (including phenoxy) is 1. The van der Waals surface area contributed by atoms with Crippen molar-refractivity contribution >= 4 is 11.9 Å². The second kappa shape index (κ2) is 6.11. The highest BCUT2D eigenvalue weighted by Gasteiger charge is 1.98. The van der Waals surface area contributed by atoms with Gasteiger partial charge >= 0.3 is 11.9 Å². The van der Waals surface area contributed by atoms with E-state index in [0.29, 0.717) is 0 Å². The molecule has 0 aliphatic heterocycles. The average Bonchev–Trinajstić information content (AvgIpc) is 2.11. The molecule has 0 radical (unpaired) electrons. The summed E-state index contributed by atoms with van der Waals surface area (Å²) in [6.07, 6.45) is 1.87. The summed E-state index contributed by atoms with van der Waals surface area (Å²) >= 11 is 0. The maximum Gasteiger partial charge on any atom is 0.365 e. The van der Waals surface area contributed by atoms with Crippen LogP contribution in [0.2, 0.25) is 0 Å². The van der Waals surface area contributed by atoms with E-state index in [1.807, 2.05) is 0 Å². The third kappa shape index (κ3) is 5.19. The number of hydrogen-bond acceptors (Lipinski definition) is 5. The minimum atomic E-state index is -0.760. The maximum atomic E-state index is 10.3. The molecule has 0 aromatic rings. The number of carbonyl (C=O) groups excluding carboxylic acids is 2. The Bertz CT molecular complexity index is 174. The Hall–Kier alpha value is -1.62. The van der Waals surface area contributed by atoms with Crippen molar-refractivity contribution in [1.82, 2.24) is 0 Å². The van der Waals surface area contributed by atoms with Crippen molar-refractivity contribution in [2.75, 3.05) is 6.79 Å². The molecule has 0 N–H and O–H groups in total. The SMILES string of the molecule is C=CC(=O)OCOOC(=O)C=C. The number of carbonyl (C=O) groups is 2. The molecule has 66 valence electrons. The van der Waals surface area contributed by atoms with E-state index in [2.05, 4.69) is 27.7 Å². The molecule has 0 aliphatic rings. The van der Waals surface area contributed by atoms with Gasteiger partial charge < -0.3 is 4.74 Å². The molecule has 0 rings (SSSR count). The molecule has 0 saturated heterocycles. The predicted octanol–water partition coefficient (Wildman–Crippen LogP) is 0.334. The molecule has 0 spiro atoms. The van der Waals surface area contributed by atoms with Gasteiger partial charge in [0, 0.05) is 12.2 Å². The highest BCUT2D eigenvalue weighted by atomic mass is 17.2. The molecule has 0 unspecified atom stereocenters. The van der Waals surface area contributed by atoms with Crippen molar-refractivity contribution in [3.05, 3.63) is 25.3 Å². The van der Waals surface area contributed by atoms with Crippen LogP contribution in [0.5, 0.6) is 0 Å². The first-order valence-electron chi connectivity index (χ1n) is 2.95. The number of hydrogen-bond donors (Lipinski definition) is 0. The van der Waals surface area contributed by atoms with Crippen LogP contribution in [0, 0.1) is 0 Å². The van der Waals surface area contributed by atoms with Crippen LogP contribution in [0.1, 0.15) is 0 Å². The van der Waals surface area contributed by atoms with Crippen LogP contribution in [0.4, 0.5) is 0 Å². The lowest BCUT2D eigenvalue weighted by Gasteiger charge is -2.00. The molecule has 0 aliphatic carbocycles. The summed E-state index contributed by atoms with van der Waals surface area (Å²) < 4.78 is 4.30. The van der Waals surface area contributed by atoms with Crippen molar-refractivity contribution in [2.45, 2.75) is 0 Å². The van der Waals surface area contributed by atoms with Crippen molar-refractivity contribution in [3.8, 4) is 0 Å². The minimum Gasteiger partial charge on any atom is -0.431 e. The molecule has 5 nitrogen and oxygen atoms in total. The molecule has 0 aromatic carbocycles. The summed E-state index contributed by atoms with van der Waals surface area (Å²) in [7, 11) is 0. The third-order valence-corrected chi connectivity index (χ3v) is 0.724. The van der Waals surface area contributed by atoms with Crippen molar-refractivity contribution < 1.29 is 24.1 Å². The predicted molar refractivity (Wildman–Crippen MR) is 38.5 cm³/mol. The fourth-order valence-corrected chi connectivity index (χ4v) is 0.257. The molecular weight excluding hydrogens is 164 g/mol. The van der Waals surface area contributed by atoms with Gasteiger partial charge in [-0.25, -0.2) is 9.59 Å². The Morgan fingerprint density at radius 1 is 1.17 bits per heavy atom. The molecule has 12 heavy (non-hydrogen) atoms. The molecular formula is C7H8O5. The van der Waals surface area contributed by atoms with Crippen LogP contribution in [-0.2, 0) is 24.1 Å². The zero-order chi connectivity index (χ0) is 9.40. The van der Waals surface area contributed by atoms with Crippen LogP contribution in [0.15, 0.2) is 25.3 Å².